The van der Waals surface area contributed by atoms with Gasteiger partial charge in [0.25, 0.3) is 0 Å². The summed E-state index contributed by atoms with van der Waals surface area (Å²) in [5.41, 5.74) is 2.90. The van der Waals surface area contributed by atoms with Gasteiger partial charge in [0, 0.05) is 48.6 Å². The molecule has 0 radical (unpaired) electrons. The summed E-state index contributed by atoms with van der Waals surface area (Å²) in [5.74, 6) is -0.0154. The summed E-state index contributed by atoms with van der Waals surface area (Å²) in [6.07, 6.45) is 5.48. The topological polar surface area (TPSA) is 65.2 Å². The highest BCUT2D eigenvalue weighted by atomic mass is 16.2. The van der Waals surface area contributed by atoms with E-state index in [4.69, 9.17) is 0 Å². The number of hydrogen-bond acceptors (Lipinski definition) is 2. The maximum atomic E-state index is 13.4. The monoisotopic (exact) mass is 339 g/mol. The molecule has 2 aromatic rings. The van der Waals surface area contributed by atoms with Gasteiger partial charge in [-0.15, -0.1) is 0 Å². The van der Waals surface area contributed by atoms with Gasteiger partial charge in [0.15, 0.2) is 0 Å². The first-order chi connectivity index (χ1) is 12.1. The Hall–Kier alpha value is -2.30. The molecule has 5 nitrogen and oxygen atoms in total. The SMILES string of the molecule is CC(=O)NC1(C(=O)N2CCc3[nH]c4ccccc4c3C2)CCCCC1. The summed E-state index contributed by atoms with van der Waals surface area (Å²) in [6, 6.07) is 8.26. The predicted molar refractivity (Wildman–Crippen MR) is 97.1 cm³/mol. The zero-order valence-electron chi connectivity index (χ0n) is 14.7. The maximum absolute atomic E-state index is 13.4. The number of rotatable bonds is 2. The van der Waals surface area contributed by atoms with Gasteiger partial charge in [-0.25, -0.2) is 0 Å². The average Bonchev–Trinajstić information content (AvgIpc) is 2.99. The molecule has 132 valence electrons. The largest absolute Gasteiger partial charge is 0.358 e. The second-order valence-corrected chi connectivity index (χ2v) is 7.43. The van der Waals surface area contributed by atoms with Crippen LogP contribution in [0.5, 0.6) is 0 Å². The van der Waals surface area contributed by atoms with Crippen LogP contribution in [0.25, 0.3) is 10.9 Å². The van der Waals surface area contributed by atoms with Crippen LogP contribution < -0.4 is 5.32 Å². The molecule has 0 atom stereocenters. The molecular formula is C20H25N3O2. The summed E-state index contributed by atoms with van der Waals surface area (Å²) in [4.78, 5) is 30.6. The van der Waals surface area contributed by atoms with E-state index in [1.54, 1.807) is 0 Å². The molecule has 0 bridgehead atoms. The Morgan fingerprint density at radius 2 is 1.92 bits per heavy atom. The van der Waals surface area contributed by atoms with Gasteiger partial charge in [-0.3, -0.25) is 9.59 Å². The Bertz CT molecular complexity index is 817. The molecule has 5 heteroatoms. The van der Waals surface area contributed by atoms with Gasteiger partial charge in [0.1, 0.15) is 5.54 Å². The van der Waals surface area contributed by atoms with Crippen LogP contribution in [0.3, 0.4) is 0 Å². The molecule has 1 saturated carbocycles. The third-order valence-corrected chi connectivity index (χ3v) is 5.70. The predicted octanol–water partition coefficient (Wildman–Crippen LogP) is 2.89. The Morgan fingerprint density at radius 3 is 2.68 bits per heavy atom. The zero-order valence-corrected chi connectivity index (χ0v) is 14.7. The van der Waals surface area contributed by atoms with E-state index in [2.05, 4.69) is 22.4 Å². The van der Waals surface area contributed by atoms with E-state index in [1.807, 2.05) is 17.0 Å². The van der Waals surface area contributed by atoms with Crippen LogP contribution in [-0.2, 0) is 22.6 Å². The summed E-state index contributed by atoms with van der Waals surface area (Å²) in [7, 11) is 0. The number of nitrogens with one attached hydrogen (secondary N) is 2. The number of carbonyl (C=O) groups excluding carboxylic acids is 2. The standard InChI is InChI=1S/C20H25N3O2/c1-14(24)22-20(10-5-2-6-11-20)19(25)23-12-9-18-16(13-23)15-7-3-4-8-17(15)21-18/h3-4,7-8,21H,2,5-6,9-13H2,1H3,(H,22,24). The van der Waals surface area contributed by atoms with Gasteiger partial charge in [-0.2, -0.15) is 0 Å². The van der Waals surface area contributed by atoms with Crippen molar-refractivity contribution in [3.8, 4) is 0 Å². The minimum Gasteiger partial charge on any atom is -0.358 e. The first kappa shape index (κ1) is 16.2. The van der Waals surface area contributed by atoms with Gasteiger partial charge in [0.05, 0.1) is 0 Å². The van der Waals surface area contributed by atoms with Gasteiger partial charge in [-0.05, 0) is 18.9 Å². The molecule has 1 fully saturated rings. The Morgan fingerprint density at radius 1 is 1.16 bits per heavy atom. The van der Waals surface area contributed by atoms with Crippen molar-refractivity contribution in [2.24, 2.45) is 0 Å². The van der Waals surface area contributed by atoms with E-state index in [0.29, 0.717) is 13.1 Å². The van der Waals surface area contributed by atoms with Crippen molar-refractivity contribution in [2.45, 2.75) is 57.5 Å². The summed E-state index contributed by atoms with van der Waals surface area (Å²) >= 11 is 0. The molecule has 1 aliphatic heterocycles. The van der Waals surface area contributed by atoms with Gasteiger partial charge < -0.3 is 15.2 Å². The average molecular weight is 339 g/mol. The quantitative estimate of drug-likeness (QED) is 0.883. The van der Waals surface area contributed by atoms with Crippen LogP contribution in [0, 0.1) is 0 Å². The zero-order chi connectivity index (χ0) is 17.4. The normalized spacial score (nSPS) is 19.5. The number of aromatic nitrogens is 1. The minimum absolute atomic E-state index is 0.0957. The fourth-order valence-electron chi connectivity index (χ4n) is 4.53. The first-order valence-corrected chi connectivity index (χ1v) is 9.26. The third kappa shape index (κ3) is 2.81. The molecule has 2 aliphatic rings. The van der Waals surface area contributed by atoms with Crippen LogP contribution in [0.2, 0.25) is 0 Å². The van der Waals surface area contributed by atoms with Gasteiger partial charge in [-0.1, -0.05) is 37.5 Å². The van der Waals surface area contributed by atoms with Crippen molar-refractivity contribution >= 4 is 22.7 Å². The second kappa shape index (κ2) is 6.21. The van der Waals surface area contributed by atoms with Gasteiger partial charge >= 0.3 is 0 Å². The highest BCUT2D eigenvalue weighted by molar-refractivity contribution is 5.92. The molecule has 1 aliphatic carbocycles. The van der Waals surface area contributed by atoms with Crippen molar-refractivity contribution < 1.29 is 9.59 Å². The highest BCUT2D eigenvalue weighted by Crippen LogP contribution is 2.33. The summed E-state index contributed by atoms with van der Waals surface area (Å²) < 4.78 is 0. The van der Waals surface area contributed by atoms with Crippen molar-refractivity contribution in [3.05, 3.63) is 35.5 Å². The molecule has 0 spiro atoms. The molecule has 2 N–H and O–H groups in total. The highest BCUT2D eigenvalue weighted by Gasteiger charge is 2.43. The maximum Gasteiger partial charge on any atom is 0.248 e. The first-order valence-electron chi connectivity index (χ1n) is 9.26. The van der Waals surface area contributed by atoms with Crippen LogP contribution in [0.15, 0.2) is 24.3 Å². The van der Waals surface area contributed by atoms with E-state index in [0.717, 1.165) is 44.0 Å². The number of benzene rings is 1. The van der Waals surface area contributed by atoms with E-state index < -0.39 is 5.54 Å². The lowest BCUT2D eigenvalue weighted by Crippen LogP contribution is -2.60. The fourth-order valence-corrected chi connectivity index (χ4v) is 4.53. The fraction of sp³-hybridized carbons (Fsp3) is 0.500. The van der Waals surface area contributed by atoms with Crippen molar-refractivity contribution in [1.29, 1.82) is 0 Å². The molecule has 2 heterocycles. The van der Waals surface area contributed by atoms with E-state index in [-0.39, 0.29) is 11.8 Å². The van der Waals surface area contributed by atoms with Gasteiger partial charge in [0.2, 0.25) is 11.8 Å². The van der Waals surface area contributed by atoms with Crippen LogP contribution in [0.4, 0.5) is 0 Å². The van der Waals surface area contributed by atoms with Crippen molar-refractivity contribution in [2.75, 3.05) is 6.54 Å². The lowest BCUT2D eigenvalue weighted by molar-refractivity contribution is -0.144. The van der Waals surface area contributed by atoms with E-state index >= 15 is 0 Å². The molecule has 2 amide bonds. The van der Waals surface area contributed by atoms with Crippen LogP contribution in [-0.4, -0.2) is 33.8 Å². The van der Waals surface area contributed by atoms with E-state index in [9.17, 15) is 9.59 Å². The molecule has 1 aromatic carbocycles. The number of aromatic amines is 1. The number of para-hydroxylation sites is 1. The second-order valence-electron chi connectivity index (χ2n) is 7.43. The number of amides is 2. The van der Waals surface area contributed by atoms with E-state index in [1.165, 1.54) is 23.6 Å². The number of hydrogen-bond donors (Lipinski definition) is 2. The molecule has 4 rings (SSSR count). The molecule has 1 aromatic heterocycles. The Labute approximate surface area is 147 Å². The Balaban J connectivity index is 1.63. The molecule has 0 unspecified atom stereocenters. The molecule has 25 heavy (non-hydrogen) atoms. The molecular weight excluding hydrogens is 314 g/mol. The minimum atomic E-state index is -0.701. The summed E-state index contributed by atoms with van der Waals surface area (Å²) in [5, 5.41) is 4.21. The molecule has 0 saturated heterocycles. The third-order valence-electron chi connectivity index (χ3n) is 5.70. The number of nitrogens with zero attached hydrogens (tertiary/aromatic N) is 1. The van der Waals surface area contributed by atoms with Crippen LogP contribution >= 0.6 is 0 Å². The van der Waals surface area contributed by atoms with Crippen molar-refractivity contribution in [3.63, 3.8) is 0 Å². The van der Waals surface area contributed by atoms with Crippen molar-refractivity contribution in [1.82, 2.24) is 15.2 Å². The van der Waals surface area contributed by atoms with Crippen LogP contribution in [0.1, 0.15) is 50.3 Å². The Kier molecular flexibility index (Phi) is 4.02. The summed E-state index contributed by atoms with van der Waals surface area (Å²) in [6.45, 7) is 2.84. The number of H-pyrrole nitrogens is 1. The smallest absolute Gasteiger partial charge is 0.248 e. The lowest BCUT2D eigenvalue weighted by Gasteiger charge is -2.41. The number of carbonyl (C=O) groups is 2. The lowest BCUT2D eigenvalue weighted by atomic mass is 9.80. The number of fused-ring (bicyclic) bond motifs is 3.